The van der Waals surface area contributed by atoms with Crippen molar-refractivity contribution >= 4 is 33.6 Å². The Bertz CT molecular complexity index is 3100. The molecule has 0 amide bonds. The van der Waals surface area contributed by atoms with E-state index in [4.69, 9.17) is 32.3 Å². The maximum atomic E-state index is 13.1. The van der Waals surface area contributed by atoms with Gasteiger partial charge in [0, 0.05) is 19.3 Å². The van der Waals surface area contributed by atoms with Gasteiger partial charge in [-0.2, -0.15) is 0 Å². The van der Waals surface area contributed by atoms with E-state index in [2.05, 4.69) is 227 Å². The zero-order chi connectivity index (χ0) is 90.7. The quantitative estimate of drug-likeness (QED) is 0.0146. The van der Waals surface area contributed by atoms with Crippen LogP contribution in [0.3, 0.4) is 0 Å². The summed E-state index contributed by atoms with van der Waals surface area (Å²) in [5.74, 6) is -1.59. The Kier molecular flexibility index (Phi) is 92.6. The number of aliphatic hydroxyl groups excluding tert-OH is 2. The van der Waals surface area contributed by atoms with E-state index in [1.165, 1.54) is 135 Å². The van der Waals surface area contributed by atoms with E-state index in [0.717, 1.165) is 199 Å². The third-order valence-electron chi connectivity index (χ3n) is 20.5. The number of aliphatic hydroxyl groups is 2. The lowest BCUT2D eigenvalue weighted by Gasteiger charge is -2.21. The van der Waals surface area contributed by atoms with Crippen LogP contribution in [0, 0.1) is 0 Å². The summed E-state index contributed by atoms with van der Waals surface area (Å²) in [5.41, 5.74) is 0. The highest BCUT2D eigenvalue weighted by molar-refractivity contribution is 7.47. The summed E-state index contributed by atoms with van der Waals surface area (Å²) in [7, 11) is -9.83. The zero-order valence-corrected chi connectivity index (χ0v) is 80.5. The zero-order valence-electron chi connectivity index (χ0n) is 78.7. The van der Waals surface area contributed by atoms with Gasteiger partial charge in [0.2, 0.25) is 0 Å². The van der Waals surface area contributed by atoms with Crippen LogP contribution in [0.1, 0.15) is 393 Å². The number of carbonyl (C=O) groups is 3. The van der Waals surface area contributed by atoms with Gasteiger partial charge in [-0.1, -0.05) is 414 Å². The van der Waals surface area contributed by atoms with Crippen molar-refractivity contribution in [2.24, 2.45) is 0 Å². The molecule has 0 aromatic carbocycles. The summed E-state index contributed by atoms with van der Waals surface area (Å²) in [6.07, 6.45) is 132. The van der Waals surface area contributed by atoms with Crippen molar-refractivity contribution in [2.45, 2.75) is 411 Å². The monoisotopic (exact) mass is 1780 g/mol. The molecular weight excluding hydrogens is 1600 g/mol. The van der Waals surface area contributed by atoms with Crippen molar-refractivity contribution in [1.82, 2.24) is 0 Å². The number of ether oxygens (including phenoxy) is 3. The molecule has 0 aromatic heterocycles. The number of hydrogen-bond donors (Lipinski definition) is 4. The topological polar surface area (TPSA) is 231 Å². The summed E-state index contributed by atoms with van der Waals surface area (Å²) in [5, 5.41) is 20.8. The molecule has 0 rings (SSSR count). The minimum atomic E-state index is -4.96. The Morgan fingerprint density at radius 1 is 0.224 bits per heavy atom. The van der Waals surface area contributed by atoms with Crippen LogP contribution in [0.15, 0.2) is 207 Å². The lowest BCUT2D eigenvalue weighted by Crippen LogP contribution is -2.30. The van der Waals surface area contributed by atoms with Crippen LogP contribution in [0.4, 0.5) is 0 Å². The van der Waals surface area contributed by atoms with Crippen molar-refractivity contribution in [1.29, 1.82) is 0 Å². The highest BCUT2D eigenvalue weighted by atomic mass is 31.2. The third-order valence-corrected chi connectivity index (χ3v) is 22.4. The van der Waals surface area contributed by atoms with Crippen molar-refractivity contribution in [3.05, 3.63) is 207 Å². The Labute approximate surface area is 762 Å². The molecule has 0 spiro atoms. The first-order chi connectivity index (χ1) is 61.2. The first-order valence-electron chi connectivity index (χ1n) is 49.4. The second kappa shape index (κ2) is 97.2. The molecule has 0 aliphatic heterocycles. The molecule has 0 aromatic rings. The first kappa shape index (κ1) is 119. The first-order valence-corrected chi connectivity index (χ1v) is 52.4. The summed E-state index contributed by atoms with van der Waals surface area (Å²) in [4.78, 5) is 59.2. The summed E-state index contributed by atoms with van der Waals surface area (Å²) in [6.45, 7) is 2.37. The van der Waals surface area contributed by atoms with E-state index in [-0.39, 0.29) is 19.3 Å². The molecule has 125 heavy (non-hydrogen) atoms. The lowest BCUT2D eigenvalue weighted by atomic mass is 10.0. The Morgan fingerprint density at radius 3 is 0.632 bits per heavy atom. The number of rotatable bonds is 92. The van der Waals surface area contributed by atoms with E-state index >= 15 is 0 Å². The Balaban J connectivity index is 4.63. The van der Waals surface area contributed by atoms with E-state index in [9.17, 15) is 43.5 Å². The Hall–Kier alpha value is -5.87. The number of unbranched alkanes of at least 4 members (excludes halogenated alkanes) is 35. The fraction of sp³-hybridized carbons (Fsp3) is 0.654. The molecule has 0 bridgehead atoms. The molecule has 0 aliphatic carbocycles. The smallest absolute Gasteiger partial charge is 0.463 e. The predicted octanol–water partition coefficient (Wildman–Crippen LogP) is 31.1. The standard InChI is InChI=1S/C107H178O16P2/c1-4-7-10-13-16-19-22-25-28-31-34-37-40-43-45-47-49-50-52-54-55-58-60-63-66-69-72-75-78-81-84-87-90-93-105(110)117-96-102(108)97-119-124(113,114)120-98-103(109)99-121-125(115,116)122-101-104(123-107(112)95-92-89-86-83-80-77-74-71-68-65-62-57-42-39-36-33-30-27-24-21-18-15-12-9-6-3)100-118-106(111)94-91-88-85-82-79-76-73-70-67-64-61-59-56-53-51-48-46-44-41-38-35-32-29-26-23-20-17-14-11-8-5-2/h7-12,16-21,25-30,34-39,43-46,49-50,57,62,68,71,102-104,108-109H,4-6,13-15,22-24,31-33,40-42,47-48,51-56,58-61,63-67,69-70,72-101H2,1-3H3,(H,113,114)(H,115,116)/b10-7-,11-8-,12-9-,19-16-,20-17-,21-18-,28-25-,29-26-,30-27-,37-34-,38-35-,39-36-,45-43-,46-44-,50-49-,62-57-,71-68-. The van der Waals surface area contributed by atoms with Crippen molar-refractivity contribution in [3.63, 3.8) is 0 Å². The van der Waals surface area contributed by atoms with Crippen LogP contribution in [0.25, 0.3) is 0 Å². The molecule has 0 radical (unpaired) electrons. The maximum Gasteiger partial charge on any atom is 0.472 e. The minimum Gasteiger partial charge on any atom is -0.463 e. The average molecular weight is 1780 g/mol. The molecule has 0 fully saturated rings. The summed E-state index contributed by atoms with van der Waals surface area (Å²) in [6, 6.07) is 0. The van der Waals surface area contributed by atoms with E-state index in [0.29, 0.717) is 19.3 Å². The molecule has 0 aliphatic rings. The molecular formula is C107H178O16P2. The van der Waals surface area contributed by atoms with Gasteiger partial charge in [-0.3, -0.25) is 32.5 Å². The van der Waals surface area contributed by atoms with Gasteiger partial charge in [-0.15, -0.1) is 0 Å². The number of allylic oxidation sites excluding steroid dienone is 34. The van der Waals surface area contributed by atoms with Gasteiger partial charge in [0.15, 0.2) is 6.10 Å². The van der Waals surface area contributed by atoms with Crippen LogP contribution in [-0.2, 0) is 55.8 Å². The van der Waals surface area contributed by atoms with Crippen LogP contribution in [0.2, 0.25) is 0 Å². The molecule has 5 unspecified atom stereocenters. The van der Waals surface area contributed by atoms with Crippen molar-refractivity contribution in [3.8, 4) is 0 Å². The molecule has 5 atom stereocenters. The van der Waals surface area contributed by atoms with E-state index in [1.54, 1.807) is 0 Å². The number of hydrogen-bond acceptors (Lipinski definition) is 14. The molecule has 712 valence electrons. The normalized spacial score (nSPS) is 14.6. The fourth-order valence-electron chi connectivity index (χ4n) is 13.1. The van der Waals surface area contributed by atoms with Gasteiger partial charge in [0.05, 0.1) is 26.4 Å². The summed E-state index contributed by atoms with van der Waals surface area (Å²) >= 11 is 0. The van der Waals surface area contributed by atoms with Gasteiger partial charge in [-0.25, -0.2) is 9.13 Å². The van der Waals surface area contributed by atoms with Gasteiger partial charge >= 0.3 is 33.6 Å². The van der Waals surface area contributed by atoms with Crippen molar-refractivity contribution in [2.75, 3.05) is 39.6 Å². The highest BCUT2D eigenvalue weighted by Gasteiger charge is 2.30. The van der Waals surface area contributed by atoms with E-state index in [1.807, 2.05) is 0 Å². The van der Waals surface area contributed by atoms with Gasteiger partial charge in [0.25, 0.3) is 0 Å². The molecule has 0 saturated heterocycles. The molecule has 16 nitrogen and oxygen atoms in total. The average Bonchev–Trinajstić information content (AvgIpc) is 0.902. The van der Waals surface area contributed by atoms with Crippen LogP contribution >= 0.6 is 15.6 Å². The van der Waals surface area contributed by atoms with E-state index < -0.39 is 91.5 Å². The van der Waals surface area contributed by atoms with Crippen molar-refractivity contribution < 1.29 is 75.8 Å². The molecule has 0 saturated carbocycles. The van der Waals surface area contributed by atoms with Crippen LogP contribution < -0.4 is 0 Å². The number of phosphoric ester groups is 2. The lowest BCUT2D eigenvalue weighted by molar-refractivity contribution is -0.161. The second-order valence-corrected chi connectivity index (χ2v) is 35.3. The molecule has 4 N–H and O–H groups in total. The number of esters is 3. The van der Waals surface area contributed by atoms with Crippen LogP contribution in [0.5, 0.6) is 0 Å². The fourth-order valence-corrected chi connectivity index (χ4v) is 14.7. The second-order valence-electron chi connectivity index (χ2n) is 32.4. The predicted molar refractivity (Wildman–Crippen MR) is 527 cm³/mol. The third kappa shape index (κ3) is 98.6. The van der Waals surface area contributed by atoms with Gasteiger partial charge < -0.3 is 34.2 Å². The molecule has 0 heterocycles. The maximum absolute atomic E-state index is 13.1. The number of phosphoric acid groups is 2. The highest BCUT2D eigenvalue weighted by Crippen LogP contribution is 2.45. The largest absolute Gasteiger partial charge is 0.472 e. The molecule has 18 heteroatoms. The number of carbonyl (C=O) groups excluding carboxylic acids is 3. The Morgan fingerprint density at radius 2 is 0.400 bits per heavy atom. The van der Waals surface area contributed by atoms with Gasteiger partial charge in [-0.05, 0) is 167 Å². The van der Waals surface area contributed by atoms with Gasteiger partial charge in [0.1, 0.15) is 25.4 Å². The SMILES string of the molecule is CC/C=C\C/C=C\C/C=C\C/C=C\C/C=C\C/C=C\CCCCCCCCCCCCCCCCC(=O)OCC(O)COP(=O)(O)OCC(O)COP(=O)(O)OCC(COC(=O)CCCCCCCCCCCCCCCCC/C=C\C/C=C\C/C=C\C/C=C\C/C=C\CC)OC(=O)CCCCCCCC/C=C\C/C=C\C/C=C\C/C=C\C/C=C\C/C=C\CC. The minimum absolute atomic E-state index is 0.0815. The summed E-state index contributed by atoms with van der Waals surface area (Å²) < 4.78 is 61.6. The van der Waals surface area contributed by atoms with Crippen LogP contribution in [-0.4, -0.2) is 95.9 Å².